The number of carbonyl (C=O) groups excluding carboxylic acids is 1. The van der Waals surface area contributed by atoms with Crippen molar-refractivity contribution in [2.24, 2.45) is 4.99 Å². The highest BCUT2D eigenvalue weighted by Crippen LogP contribution is 2.14. The molecule has 1 atom stereocenters. The smallest absolute Gasteiger partial charge is 0.235 e. The molecule has 0 rings (SSSR count). The van der Waals surface area contributed by atoms with Crippen LogP contribution in [0.3, 0.4) is 0 Å². The molecule has 0 aromatic carbocycles. The van der Waals surface area contributed by atoms with E-state index in [0.29, 0.717) is 0 Å². The fourth-order valence-electron chi connectivity index (χ4n) is 0.938. The van der Waals surface area contributed by atoms with E-state index in [1.165, 1.54) is 0 Å². The van der Waals surface area contributed by atoms with Gasteiger partial charge in [0, 0.05) is 7.11 Å². The van der Waals surface area contributed by atoms with Gasteiger partial charge < -0.3 is 4.43 Å². The van der Waals surface area contributed by atoms with E-state index in [1.807, 2.05) is 20.0 Å². The van der Waals surface area contributed by atoms with Gasteiger partial charge in [-0.15, -0.1) is 0 Å². The van der Waals surface area contributed by atoms with Crippen LogP contribution in [-0.4, -0.2) is 27.2 Å². The topological polar surface area (TPSA) is 38.7 Å². The zero-order valence-corrected chi connectivity index (χ0v) is 8.55. The summed E-state index contributed by atoms with van der Waals surface area (Å²) in [6.45, 7) is 6.09. The molecule has 0 aliphatic rings. The molecular formula is C7H15NO2Si. The Hall–Kier alpha value is -0.443. The van der Waals surface area contributed by atoms with Gasteiger partial charge in [0.05, 0.1) is 5.67 Å². The molecule has 1 unspecified atom stereocenters. The molecule has 0 saturated heterocycles. The number of hydrogen-bond donors (Lipinski definition) is 0. The summed E-state index contributed by atoms with van der Waals surface area (Å²) in [7, 11) is -0.0811. The van der Waals surface area contributed by atoms with E-state index in [2.05, 4.69) is 4.99 Å². The van der Waals surface area contributed by atoms with Crippen LogP contribution in [0.1, 0.15) is 13.3 Å². The third-order valence-electron chi connectivity index (χ3n) is 1.92. The quantitative estimate of drug-likeness (QED) is 0.367. The van der Waals surface area contributed by atoms with Gasteiger partial charge >= 0.3 is 0 Å². The van der Waals surface area contributed by atoms with E-state index in [4.69, 9.17) is 4.43 Å². The third-order valence-corrected chi connectivity index (χ3v) is 5.12. The second-order valence-corrected chi connectivity index (χ2v) is 7.23. The molecule has 3 nitrogen and oxygen atoms in total. The van der Waals surface area contributed by atoms with Crippen molar-refractivity contribution < 1.29 is 9.22 Å². The largest absolute Gasteiger partial charge is 0.418 e. The summed E-state index contributed by atoms with van der Waals surface area (Å²) < 4.78 is 5.31. The summed E-state index contributed by atoms with van der Waals surface area (Å²) in [4.78, 5) is 13.7. The first kappa shape index (κ1) is 10.6. The fourth-order valence-corrected chi connectivity index (χ4v) is 2.56. The van der Waals surface area contributed by atoms with Gasteiger partial charge in [-0.05, 0) is 19.5 Å². The highest BCUT2D eigenvalue weighted by atomic mass is 28.4. The van der Waals surface area contributed by atoms with Crippen molar-refractivity contribution in [2.45, 2.75) is 32.1 Å². The van der Waals surface area contributed by atoms with Crippen LogP contribution >= 0.6 is 0 Å². The van der Waals surface area contributed by atoms with Gasteiger partial charge in [0.25, 0.3) is 0 Å². The first-order valence-electron chi connectivity index (χ1n) is 3.70. The maximum atomic E-state index is 10.0. The molecule has 4 heteroatoms. The fraction of sp³-hybridized carbons (Fsp3) is 0.857. The zero-order chi connectivity index (χ0) is 8.91. The number of hydrogen-bond acceptors (Lipinski definition) is 3. The van der Waals surface area contributed by atoms with Crippen molar-refractivity contribution in [3.63, 3.8) is 0 Å². The van der Waals surface area contributed by atoms with Crippen LogP contribution in [0.2, 0.25) is 13.1 Å². The van der Waals surface area contributed by atoms with Crippen LogP contribution in [0.4, 0.5) is 0 Å². The lowest BCUT2D eigenvalue weighted by molar-refractivity contribution is 0.389. The van der Waals surface area contributed by atoms with Crippen LogP contribution in [0.15, 0.2) is 4.99 Å². The normalized spacial score (nSPS) is 13.8. The summed E-state index contributed by atoms with van der Waals surface area (Å²) in [5.74, 6) is 0. The maximum Gasteiger partial charge on any atom is 0.235 e. The average molecular weight is 173 g/mol. The van der Waals surface area contributed by atoms with Crippen LogP contribution in [-0.2, 0) is 9.22 Å². The monoisotopic (exact) mass is 173 g/mol. The minimum absolute atomic E-state index is 0.0463. The van der Waals surface area contributed by atoms with Crippen molar-refractivity contribution in [3.05, 3.63) is 0 Å². The van der Waals surface area contributed by atoms with Gasteiger partial charge in [-0.1, -0.05) is 6.92 Å². The number of isocyanates is 1. The molecule has 0 fully saturated rings. The second-order valence-electron chi connectivity index (χ2n) is 2.95. The highest BCUT2D eigenvalue weighted by molar-refractivity contribution is 6.72. The van der Waals surface area contributed by atoms with Crippen LogP contribution in [0, 0.1) is 0 Å². The van der Waals surface area contributed by atoms with Gasteiger partial charge in [0.15, 0.2) is 0 Å². The molecule has 0 radical (unpaired) electrons. The van der Waals surface area contributed by atoms with Gasteiger partial charge in [-0.3, -0.25) is 0 Å². The van der Waals surface area contributed by atoms with E-state index in [9.17, 15) is 4.79 Å². The first-order valence-corrected chi connectivity index (χ1v) is 6.69. The third kappa shape index (κ3) is 2.97. The van der Waals surface area contributed by atoms with E-state index in [1.54, 1.807) is 13.2 Å². The molecule has 0 amide bonds. The minimum Gasteiger partial charge on any atom is -0.418 e. The molecule has 11 heavy (non-hydrogen) atoms. The molecular weight excluding hydrogens is 158 g/mol. The Labute approximate surface area is 68.6 Å². The first-order chi connectivity index (χ1) is 5.08. The van der Waals surface area contributed by atoms with E-state index >= 15 is 0 Å². The Morgan fingerprint density at radius 1 is 1.64 bits per heavy atom. The highest BCUT2D eigenvalue weighted by Gasteiger charge is 2.31. The lowest BCUT2D eigenvalue weighted by Crippen LogP contribution is -2.42. The number of nitrogens with zero attached hydrogens (tertiary/aromatic N) is 1. The summed E-state index contributed by atoms with van der Waals surface area (Å²) in [5.41, 5.74) is 0.0463. The van der Waals surface area contributed by atoms with Crippen molar-refractivity contribution >= 4 is 14.4 Å². The molecule has 64 valence electrons. The predicted molar refractivity (Wildman–Crippen MR) is 46.7 cm³/mol. The Morgan fingerprint density at radius 3 is 2.45 bits per heavy atom. The molecule has 0 aliphatic heterocycles. The number of rotatable bonds is 4. The van der Waals surface area contributed by atoms with Crippen LogP contribution in [0.25, 0.3) is 0 Å². The Bertz CT molecular complexity index is 164. The zero-order valence-electron chi connectivity index (χ0n) is 7.55. The molecule has 0 saturated carbocycles. The van der Waals surface area contributed by atoms with Gasteiger partial charge in [0.2, 0.25) is 14.4 Å². The second kappa shape index (κ2) is 4.44. The van der Waals surface area contributed by atoms with E-state index in [-0.39, 0.29) is 5.67 Å². The Morgan fingerprint density at radius 2 is 2.18 bits per heavy atom. The molecule has 0 aromatic heterocycles. The molecule has 0 spiro atoms. The van der Waals surface area contributed by atoms with Crippen LogP contribution < -0.4 is 0 Å². The van der Waals surface area contributed by atoms with Gasteiger partial charge in [-0.25, -0.2) is 9.79 Å². The summed E-state index contributed by atoms with van der Waals surface area (Å²) in [5, 5.41) is 0. The van der Waals surface area contributed by atoms with E-state index < -0.39 is 8.32 Å². The van der Waals surface area contributed by atoms with Gasteiger partial charge in [0.1, 0.15) is 0 Å². The number of aliphatic imine (C=N–C) groups is 1. The standard InChI is InChI=1S/C7H15NO2Si/c1-5-7(8-6-9)11(3,4)10-2/h7H,5H2,1-4H3. The summed E-state index contributed by atoms with van der Waals surface area (Å²) in [6, 6.07) is 0. The maximum absolute atomic E-state index is 10.0. The molecule has 0 aromatic rings. The lowest BCUT2D eigenvalue weighted by Gasteiger charge is -2.24. The molecule has 0 heterocycles. The molecule has 0 N–H and O–H groups in total. The Kier molecular flexibility index (Phi) is 4.26. The lowest BCUT2D eigenvalue weighted by atomic mass is 10.5. The SMILES string of the molecule is CCC(N=C=O)[Si](C)(C)OC. The van der Waals surface area contributed by atoms with Crippen LogP contribution in [0.5, 0.6) is 0 Å². The predicted octanol–water partition coefficient (Wildman–Crippen LogP) is 1.49. The molecule has 0 aliphatic carbocycles. The van der Waals surface area contributed by atoms with Crippen molar-refractivity contribution in [3.8, 4) is 0 Å². The van der Waals surface area contributed by atoms with Crippen molar-refractivity contribution in [1.82, 2.24) is 0 Å². The summed E-state index contributed by atoms with van der Waals surface area (Å²) >= 11 is 0. The minimum atomic E-state index is -1.76. The van der Waals surface area contributed by atoms with E-state index in [0.717, 1.165) is 6.42 Å². The van der Waals surface area contributed by atoms with Crippen molar-refractivity contribution in [2.75, 3.05) is 7.11 Å². The Balaban J connectivity index is 4.34. The molecule has 0 bridgehead atoms. The average Bonchev–Trinajstić information content (AvgIpc) is 2.00. The van der Waals surface area contributed by atoms with Gasteiger partial charge in [-0.2, -0.15) is 0 Å². The summed E-state index contributed by atoms with van der Waals surface area (Å²) in [6.07, 6.45) is 2.44. The van der Waals surface area contributed by atoms with Crippen molar-refractivity contribution in [1.29, 1.82) is 0 Å².